The SMILES string of the molecule is O=C1O[C@H]([C@@H](O)CO)C(O)=C1OP(=O)(O)O.[Mg+2].[Na+]. The first-order valence-electron chi connectivity index (χ1n) is 3.94. The monoisotopic (exact) mass is 303 g/mol. The van der Waals surface area contributed by atoms with Gasteiger partial charge in [-0.05, 0) is 0 Å². The van der Waals surface area contributed by atoms with Crippen molar-refractivity contribution >= 4 is 36.8 Å². The van der Waals surface area contributed by atoms with Crippen LogP contribution in [0.2, 0.25) is 0 Å². The fourth-order valence-electron chi connectivity index (χ4n) is 1.02. The predicted molar refractivity (Wildman–Crippen MR) is 51.5 cm³/mol. The maximum absolute atomic E-state index is 11.0. The van der Waals surface area contributed by atoms with Crippen LogP contribution in [0.4, 0.5) is 0 Å². The van der Waals surface area contributed by atoms with Crippen LogP contribution in [0, 0.1) is 0 Å². The van der Waals surface area contributed by atoms with Crippen molar-refractivity contribution in [3.05, 3.63) is 11.5 Å². The molecule has 0 aromatic rings. The largest absolute Gasteiger partial charge is 2.00 e. The van der Waals surface area contributed by atoms with E-state index in [-0.39, 0.29) is 52.6 Å². The van der Waals surface area contributed by atoms with E-state index in [1.807, 2.05) is 0 Å². The van der Waals surface area contributed by atoms with Crippen molar-refractivity contribution in [1.82, 2.24) is 0 Å². The standard InChI is InChI=1S/C6H9O9P.Mg.Na/c7-1-2(8)4-3(9)5(6(10)14-4)15-16(11,12)13;;/h2,4,7-9H,1H2,(H2,11,12,13);;/q;+2;+1/t2-,4+;;/m0../s1. The van der Waals surface area contributed by atoms with E-state index >= 15 is 0 Å². The maximum Gasteiger partial charge on any atom is 2.00 e. The zero-order valence-electron chi connectivity index (χ0n) is 9.39. The molecule has 92 valence electrons. The zero-order valence-corrected chi connectivity index (χ0v) is 13.7. The molecule has 0 fully saturated rings. The number of aliphatic hydroxyl groups excluding tert-OH is 3. The van der Waals surface area contributed by atoms with Crippen molar-refractivity contribution in [3.63, 3.8) is 0 Å². The van der Waals surface area contributed by atoms with Crippen LogP contribution < -0.4 is 29.6 Å². The maximum atomic E-state index is 11.0. The second kappa shape index (κ2) is 8.05. The van der Waals surface area contributed by atoms with Crippen LogP contribution in [0.25, 0.3) is 0 Å². The van der Waals surface area contributed by atoms with Gasteiger partial charge in [-0.25, -0.2) is 9.36 Å². The molecular formula is C6H9MgNaO9P+3. The number of hydrogen-bond acceptors (Lipinski definition) is 7. The summed E-state index contributed by atoms with van der Waals surface area (Å²) in [5.74, 6) is -3.39. The third kappa shape index (κ3) is 5.33. The van der Waals surface area contributed by atoms with Crippen molar-refractivity contribution in [2.75, 3.05) is 6.61 Å². The number of aliphatic hydroxyl groups is 3. The summed E-state index contributed by atoms with van der Waals surface area (Å²) in [4.78, 5) is 27.8. The Morgan fingerprint density at radius 2 is 1.94 bits per heavy atom. The Kier molecular flexibility index (Phi) is 9.37. The quantitative estimate of drug-likeness (QED) is 0.195. The molecular weight excluding hydrogens is 294 g/mol. The Labute approximate surface area is 139 Å². The third-order valence-corrected chi connectivity index (χ3v) is 2.09. The Hall–Kier alpha value is 0.646. The smallest absolute Gasteiger partial charge is 0.505 e. The minimum absolute atomic E-state index is 0. The van der Waals surface area contributed by atoms with Gasteiger partial charge in [-0.15, -0.1) is 0 Å². The minimum Gasteiger partial charge on any atom is -0.505 e. The molecule has 12 heteroatoms. The van der Waals surface area contributed by atoms with Crippen LogP contribution in [-0.4, -0.2) is 72.9 Å². The van der Waals surface area contributed by atoms with Gasteiger partial charge in [0.15, 0.2) is 11.9 Å². The summed E-state index contributed by atoms with van der Waals surface area (Å²) in [6.45, 7) is -0.814. The van der Waals surface area contributed by atoms with Crippen LogP contribution in [0.1, 0.15) is 0 Å². The van der Waals surface area contributed by atoms with Crippen LogP contribution in [0.15, 0.2) is 11.5 Å². The van der Waals surface area contributed by atoms with Gasteiger partial charge < -0.3 is 24.6 Å². The van der Waals surface area contributed by atoms with Crippen molar-refractivity contribution in [2.24, 2.45) is 0 Å². The van der Waals surface area contributed by atoms with Gasteiger partial charge in [-0.2, -0.15) is 0 Å². The zero-order chi connectivity index (χ0) is 12.5. The Morgan fingerprint density at radius 3 is 2.33 bits per heavy atom. The number of hydrogen-bond donors (Lipinski definition) is 5. The van der Waals surface area contributed by atoms with Crippen molar-refractivity contribution in [1.29, 1.82) is 0 Å². The summed E-state index contributed by atoms with van der Waals surface area (Å²) in [7, 11) is -5.02. The second-order valence-corrected chi connectivity index (χ2v) is 4.04. The van der Waals surface area contributed by atoms with Gasteiger partial charge in [0.2, 0.25) is 0 Å². The van der Waals surface area contributed by atoms with Gasteiger partial charge in [0.25, 0.3) is 5.76 Å². The topological polar surface area (TPSA) is 154 Å². The number of carbonyl (C=O) groups excluding carboxylic acids is 1. The van der Waals surface area contributed by atoms with Gasteiger partial charge in [-0.3, -0.25) is 9.79 Å². The van der Waals surface area contributed by atoms with E-state index < -0.39 is 44.1 Å². The molecule has 1 rings (SSSR count). The molecule has 0 aromatic heterocycles. The van der Waals surface area contributed by atoms with E-state index in [0.717, 1.165) is 0 Å². The minimum atomic E-state index is -5.02. The van der Waals surface area contributed by atoms with Gasteiger partial charge in [-0.1, -0.05) is 0 Å². The molecule has 0 unspecified atom stereocenters. The summed E-state index contributed by atoms with van der Waals surface area (Å²) >= 11 is 0. The Bertz CT molecular complexity index is 379. The van der Waals surface area contributed by atoms with E-state index in [1.165, 1.54) is 0 Å². The van der Waals surface area contributed by atoms with Crippen molar-refractivity contribution < 1.29 is 73.3 Å². The van der Waals surface area contributed by atoms with Crippen LogP contribution >= 0.6 is 7.82 Å². The van der Waals surface area contributed by atoms with Gasteiger partial charge >= 0.3 is 66.4 Å². The number of carbonyl (C=O) groups is 1. The van der Waals surface area contributed by atoms with Crippen molar-refractivity contribution in [3.8, 4) is 0 Å². The fourth-order valence-corrected chi connectivity index (χ4v) is 1.42. The molecule has 0 aliphatic carbocycles. The van der Waals surface area contributed by atoms with Crippen LogP contribution in [-0.2, 0) is 18.6 Å². The molecule has 0 radical (unpaired) electrons. The van der Waals surface area contributed by atoms with Gasteiger partial charge in [0.1, 0.15) is 6.10 Å². The number of rotatable bonds is 4. The number of ether oxygens (including phenoxy) is 1. The summed E-state index contributed by atoms with van der Waals surface area (Å²) in [6, 6.07) is 0. The molecule has 5 N–H and O–H groups in total. The fraction of sp³-hybridized carbons (Fsp3) is 0.500. The number of cyclic esters (lactones) is 1. The molecule has 0 spiro atoms. The molecule has 0 saturated heterocycles. The normalized spacial score (nSPS) is 20.7. The average molecular weight is 303 g/mol. The van der Waals surface area contributed by atoms with Crippen LogP contribution in [0.5, 0.6) is 0 Å². The number of phosphoric acid groups is 1. The number of phosphoric ester groups is 1. The summed E-state index contributed by atoms with van der Waals surface area (Å²) in [5, 5.41) is 26.9. The molecule has 18 heavy (non-hydrogen) atoms. The summed E-state index contributed by atoms with van der Waals surface area (Å²) in [6.07, 6.45) is -3.21. The van der Waals surface area contributed by atoms with Gasteiger partial charge in [0.05, 0.1) is 6.61 Å². The Morgan fingerprint density at radius 1 is 1.44 bits per heavy atom. The van der Waals surface area contributed by atoms with E-state index in [9.17, 15) is 14.5 Å². The predicted octanol–water partition coefficient (Wildman–Crippen LogP) is -5.23. The third-order valence-electron chi connectivity index (χ3n) is 1.67. The first-order valence-corrected chi connectivity index (χ1v) is 5.47. The Balaban J connectivity index is 0. The van der Waals surface area contributed by atoms with E-state index in [0.29, 0.717) is 0 Å². The molecule has 1 aliphatic rings. The first-order chi connectivity index (χ1) is 7.26. The molecule has 2 atom stereocenters. The number of esters is 1. The molecule has 0 amide bonds. The van der Waals surface area contributed by atoms with E-state index in [4.69, 9.17) is 20.0 Å². The molecule has 0 aromatic carbocycles. The summed E-state index contributed by atoms with van der Waals surface area (Å²) in [5.41, 5.74) is 0. The van der Waals surface area contributed by atoms with E-state index in [2.05, 4.69) is 9.26 Å². The van der Waals surface area contributed by atoms with Crippen LogP contribution in [0.3, 0.4) is 0 Å². The molecule has 9 nitrogen and oxygen atoms in total. The first kappa shape index (κ1) is 21.0. The molecule has 0 saturated carbocycles. The summed E-state index contributed by atoms with van der Waals surface area (Å²) < 4.78 is 18.7. The van der Waals surface area contributed by atoms with E-state index in [1.54, 1.807) is 0 Å². The molecule has 1 heterocycles. The van der Waals surface area contributed by atoms with Crippen molar-refractivity contribution in [2.45, 2.75) is 12.2 Å². The average Bonchev–Trinajstić information content (AvgIpc) is 2.42. The van der Waals surface area contributed by atoms with Gasteiger partial charge in [0, 0.05) is 0 Å². The molecule has 1 aliphatic heterocycles. The second-order valence-electron chi connectivity index (χ2n) is 2.87. The molecule has 0 bridgehead atoms.